The third-order valence-corrected chi connectivity index (χ3v) is 6.02. The van der Waals surface area contributed by atoms with Crippen LogP contribution in [0.25, 0.3) is 10.9 Å². The lowest BCUT2D eigenvalue weighted by atomic mass is 9.45. The van der Waals surface area contributed by atoms with Crippen molar-refractivity contribution in [1.82, 2.24) is 10.3 Å². The number of aromatic nitrogens is 1. The molecule has 1 N–H and O–H groups in total. The zero-order chi connectivity index (χ0) is 20.5. The first kappa shape index (κ1) is 18.5. The fourth-order valence-electron chi connectivity index (χ4n) is 5.09. The van der Waals surface area contributed by atoms with E-state index in [0.717, 1.165) is 16.7 Å². The number of rotatable bonds is 1. The lowest BCUT2D eigenvalue weighted by Gasteiger charge is -2.65. The van der Waals surface area contributed by atoms with Crippen molar-refractivity contribution >= 4 is 17.0 Å². The molecule has 3 atom stereocenters. The Morgan fingerprint density at radius 3 is 2.64 bits per heavy atom. The number of nitrogens with zero attached hydrogens (tertiary/aromatic N) is 2. The van der Waals surface area contributed by atoms with Crippen LogP contribution >= 0.6 is 0 Å². The molecule has 1 unspecified atom stereocenters. The van der Waals surface area contributed by atoms with Crippen LogP contribution in [0.3, 0.4) is 0 Å². The molecule has 1 aromatic heterocycles. The van der Waals surface area contributed by atoms with E-state index in [0.29, 0.717) is 11.1 Å². The fourth-order valence-corrected chi connectivity index (χ4v) is 5.09. The number of hydrogen-bond donors (Lipinski definition) is 1. The summed E-state index contributed by atoms with van der Waals surface area (Å²) >= 11 is 0. The minimum absolute atomic E-state index is 0.119. The van der Waals surface area contributed by atoms with Crippen molar-refractivity contribution in [1.29, 1.82) is 5.26 Å². The Kier molecular flexibility index (Phi) is 3.71. The van der Waals surface area contributed by atoms with Crippen LogP contribution in [0.1, 0.15) is 52.7 Å². The normalized spacial score (nSPS) is 27.0. The van der Waals surface area contributed by atoms with E-state index >= 15 is 0 Å². The smallest absolute Gasteiger partial charge is 0.407 e. The first-order valence-electron chi connectivity index (χ1n) is 9.48. The molecule has 1 saturated carbocycles. The van der Waals surface area contributed by atoms with Gasteiger partial charge in [-0.25, -0.2) is 4.79 Å². The van der Waals surface area contributed by atoms with Gasteiger partial charge in [0.05, 0.1) is 22.5 Å². The molecule has 1 aliphatic heterocycles. The van der Waals surface area contributed by atoms with Gasteiger partial charge in [0.25, 0.3) is 0 Å². The largest absolute Gasteiger partial charge is 0.488 e. The Labute approximate surface area is 164 Å². The molecule has 146 valence electrons. The predicted octanol–water partition coefficient (Wildman–Crippen LogP) is 4.06. The summed E-state index contributed by atoms with van der Waals surface area (Å²) in [5.74, 6) is 0.739. The molecular weight excluding hydrogens is 354 g/mol. The molecule has 0 radical (unpaired) electrons. The number of hydrogen-bond acceptors (Lipinski definition) is 5. The first-order chi connectivity index (χ1) is 13.0. The molecule has 2 heterocycles. The third-order valence-electron chi connectivity index (χ3n) is 6.02. The summed E-state index contributed by atoms with van der Waals surface area (Å²) in [5, 5.41) is 13.4. The summed E-state index contributed by atoms with van der Waals surface area (Å²) in [6.07, 6.45) is 1.17. The Bertz CT molecular complexity index is 1030. The maximum Gasteiger partial charge on any atom is 0.407 e. The van der Waals surface area contributed by atoms with Gasteiger partial charge >= 0.3 is 6.09 Å². The summed E-state index contributed by atoms with van der Waals surface area (Å²) in [6.45, 7) is 11.8. The molecule has 1 amide bonds. The third kappa shape index (κ3) is 2.39. The highest BCUT2D eigenvalue weighted by atomic mass is 16.6. The van der Waals surface area contributed by atoms with Gasteiger partial charge in [-0.1, -0.05) is 13.8 Å². The lowest BCUT2D eigenvalue weighted by Crippen LogP contribution is -2.78. The second-order valence-electron chi connectivity index (χ2n) is 9.49. The van der Waals surface area contributed by atoms with Crippen molar-refractivity contribution in [3.8, 4) is 11.8 Å². The lowest BCUT2D eigenvalue weighted by molar-refractivity contribution is -0.134. The quantitative estimate of drug-likeness (QED) is 0.808. The average molecular weight is 379 g/mol. The van der Waals surface area contributed by atoms with Crippen molar-refractivity contribution < 1.29 is 14.3 Å². The Balaban J connectivity index is 1.82. The number of pyridine rings is 1. The van der Waals surface area contributed by atoms with E-state index < -0.39 is 17.1 Å². The van der Waals surface area contributed by atoms with E-state index in [1.54, 1.807) is 12.3 Å². The maximum atomic E-state index is 12.5. The molecule has 1 aliphatic carbocycles. The number of nitriles is 1. The molecule has 28 heavy (non-hydrogen) atoms. The SMILES string of the molecule is CC(C)(C)OC(=O)N[C@H]1C(C)(C)[C@@H]2Oc3ccc(C#N)c4nccc(c34)C12C. The summed E-state index contributed by atoms with van der Waals surface area (Å²) < 4.78 is 11.9. The van der Waals surface area contributed by atoms with Crippen LogP contribution in [-0.4, -0.2) is 28.8 Å². The fraction of sp³-hybridized carbons (Fsp3) is 0.500. The van der Waals surface area contributed by atoms with Gasteiger partial charge in [-0.15, -0.1) is 0 Å². The van der Waals surface area contributed by atoms with Gasteiger partial charge in [-0.05, 0) is 51.5 Å². The summed E-state index contributed by atoms with van der Waals surface area (Å²) in [4.78, 5) is 17.0. The number of nitrogens with one attached hydrogen (secondary N) is 1. The van der Waals surface area contributed by atoms with Crippen LogP contribution in [-0.2, 0) is 10.2 Å². The highest BCUT2D eigenvalue weighted by Crippen LogP contribution is 2.61. The number of alkyl carbamates (subject to hydrolysis) is 1. The van der Waals surface area contributed by atoms with Gasteiger partial charge in [0, 0.05) is 17.0 Å². The van der Waals surface area contributed by atoms with Crippen molar-refractivity contribution in [2.75, 3.05) is 0 Å². The van der Waals surface area contributed by atoms with Gasteiger partial charge < -0.3 is 14.8 Å². The topological polar surface area (TPSA) is 84.2 Å². The summed E-state index contributed by atoms with van der Waals surface area (Å²) in [5.41, 5.74) is 0.871. The molecule has 1 fully saturated rings. The van der Waals surface area contributed by atoms with E-state index in [1.807, 2.05) is 32.9 Å². The van der Waals surface area contributed by atoms with Crippen LogP contribution in [0.15, 0.2) is 24.4 Å². The standard InChI is InChI=1S/C22H25N3O3/c1-20(2,3)28-19(26)25-17-21(4,5)18-22(17,6)13-9-10-24-16-12(11-23)7-8-14(27-18)15(13)16/h7-10,17-18H,1-6H3,(H,25,26)/t17-,18-,22?/m0/s1. The Morgan fingerprint density at radius 1 is 1.29 bits per heavy atom. The highest BCUT2D eigenvalue weighted by Gasteiger charge is 2.69. The van der Waals surface area contributed by atoms with Crippen LogP contribution in [0.4, 0.5) is 4.79 Å². The monoisotopic (exact) mass is 379 g/mol. The minimum Gasteiger partial charge on any atom is -0.488 e. The number of carbonyl (C=O) groups is 1. The molecule has 6 nitrogen and oxygen atoms in total. The van der Waals surface area contributed by atoms with Crippen molar-refractivity contribution in [2.24, 2.45) is 5.41 Å². The van der Waals surface area contributed by atoms with E-state index in [4.69, 9.17) is 9.47 Å². The Hall–Kier alpha value is -2.81. The van der Waals surface area contributed by atoms with E-state index in [9.17, 15) is 10.1 Å². The van der Waals surface area contributed by atoms with Gasteiger partial charge in [-0.3, -0.25) is 4.98 Å². The average Bonchev–Trinajstić information content (AvgIpc) is 2.61. The number of ether oxygens (including phenoxy) is 2. The van der Waals surface area contributed by atoms with Crippen LogP contribution in [0.2, 0.25) is 0 Å². The second-order valence-corrected chi connectivity index (χ2v) is 9.49. The van der Waals surface area contributed by atoms with Crippen molar-refractivity contribution in [3.05, 3.63) is 35.5 Å². The van der Waals surface area contributed by atoms with Crippen LogP contribution < -0.4 is 10.1 Å². The molecule has 0 bridgehead atoms. The molecule has 0 spiro atoms. The highest BCUT2D eigenvalue weighted by molar-refractivity contribution is 5.94. The van der Waals surface area contributed by atoms with Crippen molar-refractivity contribution in [3.63, 3.8) is 0 Å². The molecule has 4 rings (SSSR count). The maximum absolute atomic E-state index is 12.5. The van der Waals surface area contributed by atoms with E-state index in [2.05, 4.69) is 37.1 Å². The number of benzene rings is 1. The molecule has 0 saturated heterocycles. The van der Waals surface area contributed by atoms with Gasteiger partial charge in [0.15, 0.2) is 0 Å². The van der Waals surface area contributed by atoms with Crippen molar-refractivity contribution in [2.45, 2.75) is 64.7 Å². The zero-order valence-corrected chi connectivity index (χ0v) is 17.1. The molecular formula is C22H25N3O3. The summed E-state index contributed by atoms with van der Waals surface area (Å²) in [7, 11) is 0. The number of carbonyl (C=O) groups excluding carboxylic acids is 1. The molecule has 2 aromatic rings. The molecule has 2 aliphatic rings. The van der Waals surface area contributed by atoms with Gasteiger partial charge in [0.2, 0.25) is 0 Å². The van der Waals surface area contributed by atoms with Crippen LogP contribution in [0, 0.1) is 16.7 Å². The number of fused-ring (bicyclic) bond motifs is 2. The van der Waals surface area contributed by atoms with E-state index in [1.165, 1.54) is 0 Å². The second kappa shape index (κ2) is 5.60. The molecule has 1 aromatic carbocycles. The van der Waals surface area contributed by atoms with Crippen LogP contribution in [0.5, 0.6) is 5.75 Å². The zero-order valence-electron chi connectivity index (χ0n) is 17.1. The number of amides is 1. The predicted molar refractivity (Wildman–Crippen MR) is 105 cm³/mol. The van der Waals surface area contributed by atoms with E-state index in [-0.39, 0.29) is 17.6 Å². The summed E-state index contributed by atoms with van der Waals surface area (Å²) in [6, 6.07) is 7.58. The van der Waals surface area contributed by atoms with Gasteiger partial charge in [-0.2, -0.15) is 5.26 Å². The van der Waals surface area contributed by atoms with Gasteiger partial charge in [0.1, 0.15) is 23.5 Å². The first-order valence-corrected chi connectivity index (χ1v) is 9.48. The Morgan fingerprint density at radius 2 is 2.00 bits per heavy atom. The molecule has 6 heteroatoms. The minimum atomic E-state index is -0.570.